The molecule has 1 aliphatic heterocycles. The van der Waals surface area contributed by atoms with Crippen LogP contribution in [0.3, 0.4) is 0 Å². The van der Waals surface area contributed by atoms with Crippen molar-refractivity contribution >= 4 is 40.1 Å². The summed E-state index contributed by atoms with van der Waals surface area (Å²) in [4.78, 5) is 28.7. The van der Waals surface area contributed by atoms with Crippen molar-refractivity contribution in [3.63, 3.8) is 0 Å². The fourth-order valence-electron chi connectivity index (χ4n) is 3.56. The van der Waals surface area contributed by atoms with E-state index < -0.39 is 30.2 Å². The lowest BCUT2D eigenvalue weighted by Gasteiger charge is -2.34. The summed E-state index contributed by atoms with van der Waals surface area (Å²) in [5.41, 5.74) is 4.82. The van der Waals surface area contributed by atoms with Gasteiger partial charge in [-0.3, -0.25) is 15.0 Å². The lowest BCUT2D eigenvalue weighted by molar-refractivity contribution is 0.0996. The zero-order valence-corrected chi connectivity index (χ0v) is 20.4. The Hall–Kier alpha value is -2.58. The van der Waals surface area contributed by atoms with Crippen molar-refractivity contribution in [1.82, 2.24) is 19.5 Å². The highest BCUT2D eigenvalue weighted by Crippen LogP contribution is 2.31. The molecule has 3 amide bonds. The maximum atomic E-state index is 14.0. The number of ether oxygens (including phenoxy) is 1. The van der Waals surface area contributed by atoms with Gasteiger partial charge in [0.1, 0.15) is 28.8 Å². The average Bonchev–Trinajstić information content (AvgIpc) is 3.19. The fourth-order valence-corrected chi connectivity index (χ4v) is 4.48. The number of aromatic nitrogens is 1. The van der Waals surface area contributed by atoms with Crippen molar-refractivity contribution in [2.75, 3.05) is 57.7 Å². The second-order valence-electron chi connectivity index (χ2n) is 7.83. The lowest BCUT2D eigenvalue weighted by Crippen LogP contribution is -2.47. The minimum absolute atomic E-state index is 0.0575. The minimum atomic E-state index is -0.915. The van der Waals surface area contributed by atoms with Gasteiger partial charge in [-0.1, -0.05) is 11.6 Å². The number of carbonyl (C=O) groups is 2. The molecule has 5 N–H and O–H groups in total. The van der Waals surface area contributed by atoms with Crippen LogP contribution in [0.2, 0.25) is 5.02 Å². The molecule has 0 spiro atoms. The maximum absolute atomic E-state index is 14.0. The first-order valence-electron chi connectivity index (χ1n) is 10.9. The number of rotatable bonds is 11. The number of benzene rings is 1. The van der Waals surface area contributed by atoms with Crippen molar-refractivity contribution in [1.29, 1.82) is 0 Å². The number of primary amides is 1. The van der Waals surface area contributed by atoms with E-state index in [9.17, 15) is 18.4 Å². The molecule has 14 heteroatoms. The number of β-amino-alcohol motifs (C(OH)–C–C–N with tert-alkyl or cyclic N) is 1. The van der Waals surface area contributed by atoms with Gasteiger partial charge in [-0.2, -0.15) is 4.37 Å². The molecule has 0 radical (unpaired) electrons. The van der Waals surface area contributed by atoms with Crippen molar-refractivity contribution in [3.05, 3.63) is 39.9 Å². The molecule has 192 valence electrons. The Morgan fingerprint density at radius 1 is 1.17 bits per heavy atom. The third kappa shape index (κ3) is 7.70. The first-order valence-corrected chi connectivity index (χ1v) is 12.1. The largest absolute Gasteiger partial charge is 0.471 e. The van der Waals surface area contributed by atoms with E-state index in [4.69, 9.17) is 27.2 Å². The Kier molecular flexibility index (Phi) is 9.98. The van der Waals surface area contributed by atoms with Gasteiger partial charge >= 0.3 is 6.03 Å². The third-order valence-corrected chi connectivity index (χ3v) is 6.38. The summed E-state index contributed by atoms with van der Waals surface area (Å²) in [6.07, 6.45) is 0.728. The molecule has 2 heterocycles. The Bertz CT molecular complexity index is 1010. The van der Waals surface area contributed by atoms with E-state index in [0.29, 0.717) is 13.1 Å². The number of hydrogen-bond acceptors (Lipinski definition) is 8. The van der Waals surface area contributed by atoms with Crippen molar-refractivity contribution in [2.45, 2.75) is 13.0 Å². The first kappa shape index (κ1) is 27.0. The van der Waals surface area contributed by atoms with E-state index in [1.165, 1.54) is 0 Å². The predicted molar refractivity (Wildman–Crippen MR) is 128 cm³/mol. The number of halogens is 3. The standard InChI is InChI=1S/C21H27ClF2N6O4S/c22-13-10-15(23)14(16(24)11-13)12-34-19-17(18(25)32)20(35-28-19)27-21(33)26-2-1-3-29-4-6-30(7-5-29)8-9-31/h10-11,31H,1-9,12H2,(H2,25,32)(H2,26,27,33). The highest BCUT2D eigenvalue weighted by atomic mass is 35.5. The number of hydrogen-bond donors (Lipinski definition) is 4. The van der Waals surface area contributed by atoms with E-state index in [1.54, 1.807) is 0 Å². The van der Waals surface area contributed by atoms with E-state index >= 15 is 0 Å². The predicted octanol–water partition coefficient (Wildman–Crippen LogP) is 1.87. The number of carbonyl (C=O) groups excluding carboxylic acids is 2. The number of nitrogens with one attached hydrogen (secondary N) is 2. The number of nitrogens with two attached hydrogens (primary N) is 1. The zero-order valence-electron chi connectivity index (χ0n) is 18.9. The van der Waals surface area contributed by atoms with Crippen LogP contribution < -0.4 is 21.1 Å². The van der Waals surface area contributed by atoms with Crippen molar-refractivity contribution < 1.29 is 28.2 Å². The van der Waals surface area contributed by atoms with Crippen LogP contribution in [0.15, 0.2) is 12.1 Å². The summed E-state index contributed by atoms with van der Waals surface area (Å²) in [5.74, 6) is -2.97. The van der Waals surface area contributed by atoms with Gasteiger partial charge in [0.15, 0.2) is 0 Å². The summed E-state index contributed by atoms with van der Waals surface area (Å²) < 4.78 is 37.2. The monoisotopic (exact) mass is 532 g/mol. The molecule has 35 heavy (non-hydrogen) atoms. The van der Waals surface area contributed by atoms with Crippen LogP contribution in [0.1, 0.15) is 22.3 Å². The van der Waals surface area contributed by atoms with Crippen LogP contribution in [0, 0.1) is 11.6 Å². The van der Waals surface area contributed by atoms with Crippen LogP contribution in [-0.2, 0) is 6.61 Å². The number of amides is 3. The number of piperazine rings is 1. The van der Waals surface area contributed by atoms with Gasteiger partial charge in [0.05, 0.1) is 12.2 Å². The molecule has 0 atom stereocenters. The number of aliphatic hydroxyl groups excluding tert-OH is 1. The topological polar surface area (TPSA) is 133 Å². The quantitative estimate of drug-likeness (QED) is 0.325. The number of urea groups is 1. The fraction of sp³-hybridized carbons (Fsp3) is 0.476. The summed E-state index contributed by atoms with van der Waals surface area (Å²) in [6, 6.07) is 1.33. The molecule has 1 aliphatic rings. The normalized spacial score (nSPS) is 14.6. The van der Waals surface area contributed by atoms with E-state index in [1.807, 2.05) is 0 Å². The molecule has 1 aromatic heterocycles. The van der Waals surface area contributed by atoms with Gasteiger partial charge in [0.2, 0.25) is 5.88 Å². The van der Waals surface area contributed by atoms with Crippen LogP contribution in [0.5, 0.6) is 5.88 Å². The second kappa shape index (κ2) is 12.9. The summed E-state index contributed by atoms with van der Waals surface area (Å²) in [6.45, 7) is 5.12. The highest BCUT2D eigenvalue weighted by Gasteiger charge is 2.23. The molecule has 1 aromatic carbocycles. The summed E-state index contributed by atoms with van der Waals surface area (Å²) in [7, 11) is 0. The maximum Gasteiger partial charge on any atom is 0.319 e. The Balaban J connectivity index is 1.48. The van der Waals surface area contributed by atoms with Crippen LogP contribution in [0.4, 0.5) is 18.6 Å². The van der Waals surface area contributed by atoms with Crippen LogP contribution in [0.25, 0.3) is 0 Å². The third-order valence-electron chi connectivity index (χ3n) is 5.41. The van der Waals surface area contributed by atoms with E-state index in [0.717, 1.165) is 62.8 Å². The van der Waals surface area contributed by atoms with Gasteiger partial charge in [-0.25, -0.2) is 13.6 Å². The molecule has 0 saturated carbocycles. The molecule has 10 nitrogen and oxygen atoms in total. The molecule has 1 saturated heterocycles. The molecule has 3 rings (SSSR count). The highest BCUT2D eigenvalue weighted by molar-refractivity contribution is 7.11. The number of anilines is 1. The molecule has 0 bridgehead atoms. The lowest BCUT2D eigenvalue weighted by atomic mass is 10.2. The van der Waals surface area contributed by atoms with Gasteiger partial charge in [-0.15, -0.1) is 0 Å². The van der Waals surface area contributed by atoms with Crippen LogP contribution in [-0.4, -0.2) is 83.6 Å². The summed E-state index contributed by atoms with van der Waals surface area (Å²) >= 11 is 6.37. The zero-order chi connectivity index (χ0) is 25.4. The SMILES string of the molecule is NC(=O)c1c(OCc2c(F)cc(Cl)cc2F)nsc1NC(=O)NCCCN1CCN(CCO)CC1. The molecule has 2 aromatic rings. The number of nitrogens with zero attached hydrogens (tertiary/aromatic N) is 3. The molecule has 1 fully saturated rings. The Labute approximate surface area is 210 Å². The molecular formula is C21H27ClF2N6O4S. The Morgan fingerprint density at radius 3 is 2.40 bits per heavy atom. The molecular weight excluding hydrogens is 506 g/mol. The van der Waals surface area contributed by atoms with Gasteiger partial charge in [0, 0.05) is 44.3 Å². The minimum Gasteiger partial charge on any atom is -0.471 e. The molecule has 0 aliphatic carbocycles. The van der Waals surface area contributed by atoms with Gasteiger partial charge in [0.25, 0.3) is 5.91 Å². The van der Waals surface area contributed by atoms with Crippen molar-refractivity contribution in [2.24, 2.45) is 5.73 Å². The van der Waals surface area contributed by atoms with E-state index in [2.05, 4.69) is 24.8 Å². The first-order chi connectivity index (χ1) is 16.8. The van der Waals surface area contributed by atoms with Gasteiger partial charge < -0.3 is 25.8 Å². The summed E-state index contributed by atoms with van der Waals surface area (Å²) in [5, 5.41) is 14.2. The second-order valence-corrected chi connectivity index (χ2v) is 9.04. The molecule has 0 unspecified atom stereocenters. The van der Waals surface area contributed by atoms with Gasteiger partial charge in [-0.05, 0) is 36.6 Å². The number of aliphatic hydroxyl groups is 1. The van der Waals surface area contributed by atoms with E-state index in [-0.39, 0.29) is 33.6 Å². The smallest absolute Gasteiger partial charge is 0.319 e. The average molecular weight is 533 g/mol. The van der Waals surface area contributed by atoms with Crippen LogP contribution >= 0.6 is 23.1 Å². The van der Waals surface area contributed by atoms with Crippen molar-refractivity contribution in [3.8, 4) is 5.88 Å². The Morgan fingerprint density at radius 2 is 1.80 bits per heavy atom.